The number of thioether (sulfide) groups is 1. The molecular formula is C22H21ClN2O3S. The Hall–Kier alpha value is -2.28. The molecule has 0 radical (unpaired) electrons. The molecule has 1 fully saturated rings. The minimum atomic E-state index is -0.193. The minimum Gasteiger partial charge on any atom is -0.376 e. The van der Waals surface area contributed by atoms with Gasteiger partial charge in [0, 0.05) is 23.1 Å². The Morgan fingerprint density at radius 2 is 2.03 bits per heavy atom. The Bertz CT molecular complexity index is 939. The quantitative estimate of drug-likeness (QED) is 0.728. The molecule has 1 atom stereocenters. The summed E-state index contributed by atoms with van der Waals surface area (Å²) in [5.41, 5.74) is 1.63. The lowest BCUT2D eigenvalue weighted by Gasteiger charge is -2.30. The molecule has 2 heterocycles. The van der Waals surface area contributed by atoms with Crippen LogP contribution in [0.15, 0.2) is 58.3 Å². The molecule has 1 N–H and O–H groups in total. The highest BCUT2D eigenvalue weighted by Crippen LogP contribution is 2.41. The predicted octanol–water partition coefficient (Wildman–Crippen LogP) is 4.12. The van der Waals surface area contributed by atoms with E-state index in [4.69, 9.17) is 16.3 Å². The zero-order chi connectivity index (χ0) is 20.2. The molecule has 2 aromatic carbocycles. The summed E-state index contributed by atoms with van der Waals surface area (Å²) in [6, 6.07) is 14.9. The van der Waals surface area contributed by atoms with Gasteiger partial charge in [0.25, 0.3) is 5.91 Å². The molecule has 2 aliphatic rings. The van der Waals surface area contributed by atoms with Gasteiger partial charge < -0.3 is 10.1 Å². The number of carbonyl (C=O) groups excluding carboxylic acids is 2. The summed E-state index contributed by atoms with van der Waals surface area (Å²) >= 11 is 7.37. The van der Waals surface area contributed by atoms with Crippen LogP contribution in [0.25, 0.3) is 6.08 Å². The standard InChI is InChI=1S/C22H21ClN2O3S/c23-16-9-7-15(8-10-16)12-20-22(27)25(18-5-1-2-6-19(18)29-20)14-21(26)24-13-17-4-3-11-28-17/h1-2,5-10,12,17H,3-4,11,13-14H2,(H,24,26). The van der Waals surface area contributed by atoms with E-state index in [9.17, 15) is 9.59 Å². The van der Waals surface area contributed by atoms with E-state index < -0.39 is 0 Å². The number of nitrogens with one attached hydrogen (secondary N) is 1. The van der Waals surface area contributed by atoms with E-state index in [1.807, 2.05) is 42.5 Å². The van der Waals surface area contributed by atoms with Crippen molar-refractivity contribution in [3.63, 3.8) is 0 Å². The Labute approximate surface area is 179 Å². The third-order valence-electron chi connectivity index (χ3n) is 4.85. The van der Waals surface area contributed by atoms with Crippen LogP contribution in [0, 0.1) is 0 Å². The Balaban J connectivity index is 1.53. The van der Waals surface area contributed by atoms with Crippen LogP contribution in [0.4, 0.5) is 5.69 Å². The molecule has 150 valence electrons. The average molecular weight is 429 g/mol. The molecule has 4 rings (SSSR count). The molecule has 0 aromatic heterocycles. The number of halogens is 1. The lowest BCUT2D eigenvalue weighted by atomic mass is 10.2. The van der Waals surface area contributed by atoms with Crippen molar-refractivity contribution in [1.29, 1.82) is 0 Å². The van der Waals surface area contributed by atoms with Crippen LogP contribution in [0.3, 0.4) is 0 Å². The second-order valence-corrected chi connectivity index (χ2v) is 8.48. The lowest BCUT2D eigenvalue weighted by Crippen LogP contribution is -2.44. The maximum atomic E-state index is 13.2. The molecule has 7 heteroatoms. The van der Waals surface area contributed by atoms with E-state index >= 15 is 0 Å². The number of benzene rings is 2. The first-order valence-corrected chi connectivity index (χ1v) is 10.7. The highest BCUT2D eigenvalue weighted by molar-refractivity contribution is 8.04. The summed E-state index contributed by atoms with van der Waals surface area (Å²) < 4.78 is 5.55. The number of ether oxygens (including phenoxy) is 1. The number of fused-ring (bicyclic) bond motifs is 1. The Morgan fingerprint density at radius 1 is 1.24 bits per heavy atom. The van der Waals surface area contributed by atoms with Crippen LogP contribution in [0.1, 0.15) is 18.4 Å². The zero-order valence-corrected chi connectivity index (χ0v) is 17.3. The van der Waals surface area contributed by atoms with Crippen molar-refractivity contribution in [1.82, 2.24) is 5.32 Å². The third kappa shape index (κ3) is 4.83. The van der Waals surface area contributed by atoms with Crippen LogP contribution < -0.4 is 10.2 Å². The van der Waals surface area contributed by atoms with Crippen molar-refractivity contribution in [2.24, 2.45) is 0 Å². The number of rotatable bonds is 5. The van der Waals surface area contributed by atoms with E-state index in [0.717, 1.165) is 35.6 Å². The summed E-state index contributed by atoms with van der Waals surface area (Å²) in [6.45, 7) is 1.19. The van der Waals surface area contributed by atoms with Gasteiger partial charge in [0.1, 0.15) is 6.54 Å². The van der Waals surface area contributed by atoms with Gasteiger partial charge in [-0.3, -0.25) is 14.5 Å². The molecule has 5 nitrogen and oxygen atoms in total. The number of para-hydroxylation sites is 1. The highest BCUT2D eigenvalue weighted by Gasteiger charge is 2.30. The molecule has 0 spiro atoms. The molecule has 29 heavy (non-hydrogen) atoms. The fourth-order valence-corrected chi connectivity index (χ4v) is 4.55. The van der Waals surface area contributed by atoms with Crippen LogP contribution in [0.2, 0.25) is 5.02 Å². The molecule has 2 amide bonds. The van der Waals surface area contributed by atoms with Crippen LogP contribution >= 0.6 is 23.4 Å². The first-order chi connectivity index (χ1) is 14.1. The van der Waals surface area contributed by atoms with E-state index in [1.54, 1.807) is 17.0 Å². The van der Waals surface area contributed by atoms with Crippen molar-refractivity contribution in [3.8, 4) is 0 Å². The number of carbonyl (C=O) groups is 2. The second kappa shape index (κ2) is 9.03. The van der Waals surface area contributed by atoms with Gasteiger partial charge in [-0.05, 0) is 48.7 Å². The molecule has 1 unspecified atom stereocenters. The number of hydrogen-bond donors (Lipinski definition) is 1. The van der Waals surface area contributed by atoms with Gasteiger partial charge >= 0.3 is 0 Å². The number of hydrogen-bond acceptors (Lipinski definition) is 4. The normalized spacial score (nSPS) is 20.0. The van der Waals surface area contributed by atoms with Crippen molar-refractivity contribution in [3.05, 3.63) is 64.0 Å². The van der Waals surface area contributed by atoms with Gasteiger partial charge in [0.2, 0.25) is 5.91 Å². The summed E-state index contributed by atoms with van der Waals surface area (Å²) in [6.07, 6.45) is 3.88. The van der Waals surface area contributed by atoms with Crippen molar-refractivity contribution in [2.45, 2.75) is 23.8 Å². The zero-order valence-electron chi connectivity index (χ0n) is 15.8. The van der Waals surface area contributed by atoms with E-state index in [-0.39, 0.29) is 24.5 Å². The molecule has 2 aliphatic heterocycles. The fourth-order valence-electron chi connectivity index (χ4n) is 3.36. The first-order valence-electron chi connectivity index (χ1n) is 9.54. The summed E-state index contributed by atoms with van der Waals surface area (Å²) in [7, 11) is 0. The first kappa shape index (κ1) is 20.0. The Morgan fingerprint density at radius 3 is 2.79 bits per heavy atom. The van der Waals surface area contributed by atoms with Crippen LogP contribution in [0.5, 0.6) is 0 Å². The second-order valence-electron chi connectivity index (χ2n) is 6.96. The lowest BCUT2D eigenvalue weighted by molar-refractivity contribution is -0.122. The maximum absolute atomic E-state index is 13.2. The molecule has 0 saturated carbocycles. The molecule has 0 bridgehead atoms. The molecule has 2 aromatic rings. The van der Waals surface area contributed by atoms with Gasteiger partial charge in [-0.1, -0.05) is 47.6 Å². The average Bonchev–Trinajstić information content (AvgIpc) is 3.25. The maximum Gasteiger partial charge on any atom is 0.265 e. The number of anilines is 1. The van der Waals surface area contributed by atoms with Gasteiger partial charge in [-0.25, -0.2) is 0 Å². The number of amides is 2. The van der Waals surface area contributed by atoms with Gasteiger partial charge in [-0.15, -0.1) is 0 Å². The Kier molecular flexibility index (Phi) is 6.23. The van der Waals surface area contributed by atoms with Gasteiger partial charge in [-0.2, -0.15) is 0 Å². The smallest absolute Gasteiger partial charge is 0.265 e. The van der Waals surface area contributed by atoms with E-state index in [0.29, 0.717) is 16.5 Å². The van der Waals surface area contributed by atoms with Crippen LogP contribution in [-0.4, -0.2) is 37.6 Å². The van der Waals surface area contributed by atoms with E-state index in [1.165, 1.54) is 11.8 Å². The van der Waals surface area contributed by atoms with E-state index in [2.05, 4.69) is 5.32 Å². The van der Waals surface area contributed by atoms with Crippen molar-refractivity contribution in [2.75, 3.05) is 24.6 Å². The summed E-state index contributed by atoms with van der Waals surface area (Å²) in [5.74, 6) is -0.377. The summed E-state index contributed by atoms with van der Waals surface area (Å²) in [4.78, 5) is 28.7. The molecular weight excluding hydrogens is 408 g/mol. The highest BCUT2D eigenvalue weighted by atomic mass is 35.5. The largest absolute Gasteiger partial charge is 0.376 e. The predicted molar refractivity (Wildman–Crippen MR) is 116 cm³/mol. The molecule has 1 saturated heterocycles. The summed E-state index contributed by atoms with van der Waals surface area (Å²) in [5, 5.41) is 3.54. The van der Waals surface area contributed by atoms with Crippen LogP contribution in [-0.2, 0) is 14.3 Å². The molecule has 0 aliphatic carbocycles. The number of nitrogens with zero attached hydrogens (tertiary/aromatic N) is 1. The minimum absolute atomic E-state index is 0.0267. The van der Waals surface area contributed by atoms with Gasteiger partial charge in [0.05, 0.1) is 16.7 Å². The fraction of sp³-hybridized carbons (Fsp3) is 0.273. The monoisotopic (exact) mass is 428 g/mol. The van der Waals surface area contributed by atoms with Crippen molar-refractivity contribution >= 4 is 46.9 Å². The van der Waals surface area contributed by atoms with Crippen molar-refractivity contribution < 1.29 is 14.3 Å². The third-order valence-corrected chi connectivity index (χ3v) is 6.18. The topological polar surface area (TPSA) is 58.6 Å². The SMILES string of the molecule is O=C(CN1C(=O)C(=Cc2ccc(Cl)cc2)Sc2ccccc21)NCC1CCCO1. The van der Waals surface area contributed by atoms with Gasteiger partial charge in [0.15, 0.2) is 0 Å².